The van der Waals surface area contributed by atoms with E-state index in [2.05, 4.69) is 29.6 Å². The summed E-state index contributed by atoms with van der Waals surface area (Å²) in [5, 5.41) is 25.0. The minimum atomic E-state index is -0.0632. The molecule has 21 heavy (non-hydrogen) atoms. The highest BCUT2D eigenvalue weighted by molar-refractivity contribution is 5.85. The first-order valence-corrected chi connectivity index (χ1v) is 6.91. The number of rotatable bonds is 3. The molecule has 0 aliphatic carbocycles. The first kappa shape index (κ1) is 13.3. The van der Waals surface area contributed by atoms with Crippen LogP contribution in [-0.2, 0) is 0 Å². The Morgan fingerprint density at radius 2 is 1.62 bits per heavy atom. The molecule has 0 aliphatic heterocycles. The maximum atomic E-state index is 9.91. The van der Waals surface area contributed by atoms with Crippen molar-refractivity contribution in [2.75, 3.05) is 5.32 Å². The number of fused-ring (bicyclic) bond motifs is 1. The molecule has 0 saturated heterocycles. The maximum absolute atomic E-state index is 9.91. The average molecular weight is 279 g/mol. The molecule has 0 spiro atoms. The normalized spacial score (nSPS) is 12.2. The molecule has 0 saturated carbocycles. The molecule has 0 fully saturated rings. The summed E-state index contributed by atoms with van der Waals surface area (Å²) >= 11 is 0. The Morgan fingerprint density at radius 3 is 2.38 bits per heavy atom. The zero-order valence-corrected chi connectivity index (χ0v) is 11.7. The van der Waals surface area contributed by atoms with Gasteiger partial charge >= 0.3 is 0 Å². The third-order valence-electron chi connectivity index (χ3n) is 3.61. The van der Waals surface area contributed by atoms with Crippen molar-refractivity contribution in [1.82, 2.24) is 0 Å². The van der Waals surface area contributed by atoms with Crippen molar-refractivity contribution in [3.8, 4) is 11.5 Å². The van der Waals surface area contributed by atoms with Gasteiger partial charge in [-0.1, -0.05) is 30.3 Å². The van der Waals surface area contributed by atoms with Crippen LogP contribution in [-0.4, -0.2) is 10.2 Å². The van der Waals surface area contributed by atoms with E-state index in [1.807, 2.05) is 25.1 Å². The summed E-state index contributed by atoms with van der Waals surface area (Å²) in [7, 11) is 0. The number of hydrogen-bond acceptors (Lipinski definition) is 3. The van der Waals surface area contributed by atoms with Crippen LogP contribution in [0, 0.1) is 0 Å². The monoisotopic (exact) mass is 279 g/mol. The molecule has 0 aromatic heterocycles. The first-order chi connectivity index (χ1) is 10.1. The fourth-order valence-electron chi connectivity index (χ4n) is 2.51. The highest BCUT2D eigenvalue weighted by Crippen LogP contribution is 2.30. The van der Waals surface area contributed by atoms with Crippen molar-refractivity contribution >= 4 is 16.5 Å². The Hall–Kier alpha value is -2.68. The van der Waals surface area contributed by atoms with E-state index in [4.69, 9.17) is 0 Å². The predicted molar refractivity (Wildman–Crippen MR) is 85.8 cm³/mol. The molecule has 3 aromatic carbocycles. The van der Waals surface area contributed by atoms with Gasteiger partial charge in [0.25, 0.3) is 0 Å². The van der Waals surface area contributed by atoms with Crippen LogP contribution >= 0.6 is 0 Å². The van der Waals surface area contributed by atoms with Crippen LogP contribution in [0.1, 0.15) is 18.5 Å². The molecule has 1 atom stereocenters. The molecule has 0 aliphatic rings. The standard InChI is InChI=1S/C18H17NO2/c1-12(17-9-8-16(20)11-18(17)21)19-15-7-6-13-4-2-3-5-14(13)10-15/h2-12,19-21H,1H3. The van der Waals surface area contributed by atoms with E-state index in [1.165, 1.54) is 16.8 Å². The van der Waals surface area contributed by atoms with E-state index in [-0.39, 0.29) is 17.5 Å². The van der Waals surface area contributed by atoms with Crippen molar-refractivity contribution < 1.29 is 10.2 Å². The topological polar surface area (TPSA) is 52.5 Å². The maximum Gasteiger partial charge on any atom is 0.124 e. The smallest absolute Gasteiger partial charge is 0.124 e. The SMILES string of the molecule is CC(Nc1ccc2ccccc2c1)c1ccc(O)cc1O. The number of benzene rings is 3. The van der Waals surface area contributed by atoms with Crippen LogP contribution in [0.2, 0.25) is 0 Å². The molecule has 3 rings (SSSR count). The van der Waals surface area contributed by atoms with Gasteiger partial charge < -0.3 is 15.5 Å². The molecule has 0 amide bonds. The summed E-state index contributed by atoms with van der Waals surface area (Å²) in [6, 6.07) is 19.0. The van der Waals surface area contributed by atoms with Gasteiger partial charge in [0.1, 0.15) is 11.5 Å². The van der Waals surface area contributed by atoms with Gasteiger partial charge in [0.05, 0.1) is 6.04 Å². The molecule has 3 heteroatoms. The van der Waals surface area contributed by atoms with E-state index >= 15 is 0 Å². The van der Waals surface area contributed by atoms with Gasteiger partial charge in [-0.05, 0) is 42.0 Å². The lowest BCUT2D eigenvalue weighted by molar-refractivity contribution is 0.444. The van der Waals surface area contributed by atoms with Crippen LogP contribution in [0.15, 0.2) is 60.7 Å². The van der Waals surface area contributed by atoms with Gasteiger partial charge in [-0.2, -0.15) is 0 Å². The van der Waals surface area contributed by atoms with Crippen LogP contribution in [0.5, 0.6) is 11.5 Å². The van der Waals surface area contributed by atoms with Gasteiger partial charge in [-0.25, -0.2) is 0 Å². The number of phenolic OH excluding ortho intramolecular Hbond substituents is 2. The Kier molecular flexibility index (Phi) is 3.40. The molecular weight excluding hydrogens is 262 g/mol. The van der Waals surface area contributed by atoms with Crippen molar-refractivity contribution in [2.45, 2.75) is 13.0 Å². The molecule has 3 aromatic rings. The Bertz CT molecular complexity index is 783. The first-order valence-electron chi connectivity index (χ1n) is 6.91. The van der Waals surface area contributed by atoms with Crippen LogP contribution < -0.4 is 5.32 Å². The quantitative estimate of drug-likeness (QED) is 0.665. The zero-order chi connectivity index (χ0) is 14.8. The van der Waals surface area contributed by atoms with E-state index in [9.17, 15) is 10.2 Å². The van der Waals surface area contributed by atoms with Crippen molar-refractivity contribution in [2.24, 2.45) is 0 Å². The third kappa shape index (κ3) is 2.77. The van der Waals surface area contributed by atoms with Gasteiger partial charge in [-0.3, -0.25) is 0 Å². The second kappa shape index (κ2) is 5.37. The fourth-order valence-corrected chi connectivity index (χ4v) is 2.51. The number of anilines is 1. The lowest BCUT2D eigenvalue weighted by Gasteiger charge is -2.17. The highest BCUT2D eigenvalue weighted by atomic mass is 16.3. The molecule has 3 N–H and O–H groups in total. The summed E-state index contributed by atoms with van der Waals surface area (Å²) in [4.78, 5) is 0. The summed E-state index contributed by atoms with van der Waals surface area (Å²) in [5.74, 6) is 0.157. The second-order valence-corrected chi connectivity index (χ2v) is 5.17. The molecular formula is C18H17NO2. The summed E-state index contributed by atoms with van der Waals surface area (Å²) in [6.07, 6.45) is 0. The van der Waals surface area contributed by atoms with Crippen molar-refractivity contribution in [3.63, 3.8) is 0 Å². The lowest BCUT2D eigenvalue weighted by Crippen LogP contribution is -2.06. The molecule has 0 heterocycles. The molecule has 0 bridgehead atoms. The number of aromatic hydroxyl groups is 2. The van der Waals surface area contributed by atoms with Gasteiger partial charge in [0, 0.05) is 17.3 Å². The predicted octanol–water partition coefficient (Wildman–Crippen LogP) is 4.42. The lowest BCUT2D eigenvalue weighted by atomic mass is 10.1. The fraction of sp³-hybridized carbons (Fsp3) is 0.111. The minimum Gasteiger partial charge on any atom is -0.508 e. The second-order valence-electron chi connectivity index (χ2n) is 5.17. The molecule has 106 valence electrons. The van der Waals surface area contributed by atoms with Gasteiger partial charge in [-0.15, -0.1) is 0 Å². The van der Waals surface area contributed by atoms with Crippen molar-refractivity contribution in [3.05, 3.63) is 66.2 Å². The van der Waals surface area contributed by atoms with Crippen LogP contribution in [0.25, 0.3) is 10.8 Å². The summed E-state index contributed by atoms with van der Waals surface area (Å²) < 4.78 is 0. The Balaban J connectivity index is 1.87. The van der Waals surface area contributed by atoms with E-state index in [1.54, 1.807) is 12.1 Å². The van der Waals surface area contributed by atoms with E-state index in [0.29, 0.717) is 0 Å². The number of nitrogens with one attached hydrogen (secondary N) is 1. The number of hydrogen-bond donors (Lipinski definition) is 3. The van der Waals surface area contributed by atoms with Gasteiger partial charge in [0.15, 0.2) is 0 Å². The largest absolute Gasteiger partial charge is 0.508 e. The summed E-state index contributed by atoms with van der Waals surface area (Å²) in [6.45, 7) is 1.97. The van der Waals surface area contributed by atoms with Crippen LogP contribution in [0.3, 0.4) is 0 Å². The Morgan fingerprint density at radius 1 is 0.857 bits per heavy atom. The zero-order valence-electron chi connectivity index (χ0n) is 11.7. The highest BCUT2D eigenvalue weighted by Gasteiger charge is 2.11. The Labute approximate surface area is 123 Å². The molecule has 3 nitrogen and oxygen atoms in total. The molecule has 0 radical (unpaired) electrons. The van der Waals surface area contributed by atoms with E-state index in [0.717, 1.165) is 11.3 Å². The van der Waals surface area contributed by atoms with Crippen molar-refractivity contribution in [1.29, 1.82) is 0 Å². The van der Waals surface area contributed by atoms with E-state index < -0.39 is 0 Å². The average Bonchev–Trinajstić information content (AvgIpc) is 2.47. The number of phenols is 2. The third-order valence-corrected chi connectivity index (χ3v) is 3.61. The molecule has 1 unspecified atom stereocenters. The van der Waals surface area contributed by atoms with Gasteiger partial charge in [0.2, 0.25) is 0 Å². The minimum absolute atomic E-state index is 0.0632. The van der Waals surface area contributed by atoms with Crippen LogP contribution in [0.4, 0.5) is 5.69 Å². The summed E-state index contributed by atoms with van der Waals surface area (Å²) in [5.41, 5.74) is 1.75.